The topological polar surface area (TPSA) is 33.5 Å². The molecule has 0 radical (unpaired) electrons. The van der Waals surface area contributed by atoms with Crippen molar-refractivity contribution in [1.82, 2.24) is 4.90 Å². The Kier molecular flexibility index (Phi) is 3.19. The molecule has 0 unspecified atom stereocenters. The number of likely N-dealkylation sites (N-methyl/N-ethyl adjacent to an activating group) is 1. The molecule has 4 heteroatoms. The van der Waals surface area contributed by atoms with E-state index in [0.29, 0.717) is 10.4 Å². The van der Waals surface area contributed by atoms with Crippen molar-refractivity contribution < 1.29 is 9.21 Å². The van der Waals surface area contributed by atoms with Crippen LogP contribution >= 0.6 is 15.9 Å². The van der Waals surface area contributed by atoms with E-state index in [9.17, 15) is 4.79 Å². The molecule has 1 aliphatic rings. The van der Waals surface area contributed by atoms with Crippen molar-refractivity contribution in [2.45, 2.75) is 18.9 Å². The minimum absolute atomic E-state index is 0.0662. The zero-order valence-corrected chi connectivity index (χ0v) is 12.2. The molecule has 1 aromatic carbocycles. The van der Waals surface area contributed by atoms with E-state index >= 15 is 0 Å². The number of fused-ring (bicyclic) bond motifs is 1. The summed E-state index contributed by atoms with van der Waals surface area (Å²) in [4.78, 5) is 14.1. The first kappa shape index (κ1) is 12.5. The van der Waals surface area contributed by atoms with Crippen LogP contribution < -0.4 is 0 Å². The van der Waals surface area contributed by atoms with E-state index < -0.39 is 0 Å². The molecular weight excluding hydrogens is 306 g/mol. The Hall–Kier alpha value is -1.55. The standard InChI is InChI=1S/C15H14BrNO2/c1-17(15(18)13-6-7-14(16)19-13)12-8-10-4-2-3-5-11(10)9-12/h2-7,12H,8-9H2,1H3. The molecular formula is C15H14BrNO2. The Morgan fingerprint density at radius 3 is 2.37 bits per heavy atom. The highest BCUT2D eigenvalue weighted by Crippen LogP contribution is 2.26. The molecule has 3 rings (SSSR count). The van der Waals surface area contributed by atoms with E-state index in [1.807, 2.05) is 19.2 Å². The molecule has 0 saturated carbocycles. The molecule has 0 bridgehead atoms. The normalized spacial score (nSPS) is 14.4. The number of carbonyl (C=O) groups is 1. The van der Waals surface area contributed by atoms with Crippen molar-refractivity contribution in [3.05, 3.63) is 58.0 Å². The van der Waals surface area contributed by atoms with Gasteiger partial charge in [-0.3, -0.25) is 4.79 Å². The van der Waals surface area contributed by atoms with Gasteiger partial charge in [-0.2, -0.15) is 0 Å². The molecule has 0 fully saturated rings. The minimum atomic E-state index is -0.0662. The van der Waals surface area contributed by atoms with Crippen LogP contribution in [0.3, 0.4) is 0 Å². The Morgan fingerprint density at radius 1 is 1.21 bits per heavy atom. The summed E-state index contributed by atoms with van der Waals surface area (Å²) in [6, 6.07) is 12.0. The largest absolute Gasteiger partial charge is 0.444 e. The fraction of sp³-hybridized carbons (Fsp3) is 0.267. The van der Waals surface area contributed by atoms with Crippen molar-refractivity contribution in [2.24, 2.45) is 0 Å². The average molecular weight is 320 g/mol. The molecule has 1 heterocycles. The van der Waals surface area contributed by atoms with Crippen molar-refractivity contribution >= 4 is 21.8 Å². The van der Waals surface area contributed by atoms with Crippen LogP contribution in [0.1, 0.15) is 21.7 Å². The summed E-state index contributed by atoms with van der Waals surface area (Å²) in [7, 11) is 1.84. The predicted octanol–water partition coefficient (Wildman–Crippen LogP) is 3.28. The molecule has 1 amide bonds. The molecule has 0 atom stereocenters. The van der Waals surface area contributed by atoms with Gasteiger partial charge in [0.1, 0.15) is 0 Å². The second-order valence-electron chi connectivity index (χ2n) is 4.85. The van der Waals surface area contributed by atoms with Gasteiger partial charge < -0.3 is 9.32 Å². The number of hydrogen-bond donors (Lipinski definition) is 0. The molecule has 1 aromatic heterocycles. The number of carbonyl (C=O) groups excluding carboxylic acids is 1. The summed E-state index contributed by atoms with van der Waals surface area (Å²) in [6.45, 7) is 0. The van der Waals surface area contributed by atoms with Crippen LogP contribution in [0.25, 0.3) is 0 Å². The Labute approximate surface area is 120 Å². The molecule has 2 aromatic rings. The summed E-state index contributed by atoms with van der Waals surface area (Å²) < 4.78 is 5.91. The SMILES string of the molecule is CN(C(=O)c1ccc(Br)o1)C1Cc2ccccc2C1. The quantitative estimate of drug-likeness (QED) is 0.851. The lowest BCUT2D eigenvalue weighted by Crippen LogP contribution is -2.37. The lowest BCUT2D eigenvalue weighted by atomic mass is 10.1. The maximum atomic E-state index is 12.3. The number of furan rings is 1. The molecule has 0 aliphatic heterocycles. The molecule has 19 heavy (non-hydrogen) atoms. The number of rotatable bonds is 2. The first-order chi connectivity index (χ1) is 9.15. The molecule has 98 valence electrons. The zero-order chi connectivity index (χ0) is 13.4. The van der Waals surface area contributed by atoms with Gasteiger partial charge in [-0.1, -0.05) is 24.3 Å². The Bertz CT molecular complexity index is 595. The smallest absolute Gasteiger partial charge is 0.289 e. The fourth-order valence-electron chi connectivity index (χ4n) is 2.58. The number of hydrogen-bond acceptors (Lipinski definition) is 2. The van der Waals surface area contributed by atoms with Crippen LogP contribution in [-0.4, -0.2) is 23.9 Å². The number of halogens is 1. The number of nitrogens with zero attached hydrogens (tertiary/aromatic N) is 1. The van der Waals surface area contributed by atoms with Gasteiger partial charge in [0, 0.05) is 13.1 Å². The second-order valence-corrected chi connectivity index (χ2v) is 5.63. The monoisotopic (exact) mass is 319 g/mol. The van der Waals surface area contributed by atoms with Crippen molar-refractivity contribution in [3.8, 4) is 0 Å². The highest BCUT2D eigenvalue weighted by molar-refractivity contribution is 9.10. The highest BCUT2D eigenvalue weighted by Gasteiger charge is 2.28. The van der Waals surface area contributed by atoms with E-state index in [1.165, 1.54) is 11.1 Å². The van der Waals surface area contributed by atoms with E-state index in [0.717, 1.165) is 12.8 Å². The summed E-state index contributed by atoms with van der Waals surface area (Å²) in [5, 5.41) is 0. The summed E-state index contributed by atoms with van der Waals surface area (Å²) in [5.74, 6) is 0.314. The van der Waals surface area contributed by atoms with Gasteiger partial charge >= 0.3 is 0 Å². The van der Waals surface area contributed by atoms with Crippen molar-refractivity contribution in [1.29, 1.82) is 0 Å². The zero-order valence-electron chi connectivity index (χ0n) is 10.6. The van der Waals surface area contributed by atoms with Gasteiger partial charge in [0.25, 0.3) is 5.91 Å². The molecule has 3 nitrogen and oxygen atoms in total. The van der Waals surface area contributed by atoms with Crippen LogP contribution in [0.15, 0.2) is 45.5 Å². The highest BCUT2D eigenvalue weighted by atomic mass is 79.9. The first-order valence-corrected chi connectivity index (χ1v) is 7.04. The van der Waals surface area contributed by atoms with Gasteiger partial charge in [0.2, 0.25) is 0 Å². The molecule has 0 N–H and O–H groups in total. The van der Waals surface area contributed by atoms with Crippen LogP contribution in [0.2, 0.25) is 0 Å². The fourth-order valence-corrected chi connectivity index (χ4v) is 2.88. The third kappa shape index (κ3) is 2.32. The summed E-state index contributed by atoms with van der Waals surface area (Å²) >= 11 is 3.22. The Morgan fingerprint density at radius 2 is 1.84 bits per heavy atom. The number of amides is 1. The average Bonchev–Trinajstić information content (AvgIpc) is 3.02. The van der Waals surface area contributed by atoms with E-state index in [-0.39, 0.29) is 11.9 Å². The lowest BCUT2D eigenvalue weighted by molar-refractivity contribution is 0.0704. The van der Waals surface area contributed by atoms with Gasteiger partial charge in [-0.25, -0.2) is 0 Å². The Balaban J connectivity index is 1.76. The first-order valence-electron chi connectivity index (χ1n) is 6.24. The van der Waals surface area contributed by atoms with E-state index in [2.05, 4.69) is 28.1 Å². The van der Waals surface area contributed by atoms with Crippen LogP contribution in [0.4, 0.5) is 0 Å². The van der Waals surface area contributed by atoms with Crippen molar-refractivity contribution in [2.75, 3.05) is 7.05 Å². The van der Waals surface area contributed by atoms with Gasteiger partial charge in [0.05, 0.1) is 0 Å². The number of benzene rings is 1. The van der Waals surface area contributed by atoms with Crippen LogP contribution in [-0.2, 0) is 12.8 Å². The predicted molar refractivity (Wildman–Crippen MR) is 76.1 cm³/mol. The van der Waals surface area contributed by atoms with Crippen molar-refractivity contribution in [3.63, 3.8) is 0 Å². The maximum absolute atomic E-state index is 12.3. The summed E-state index contributed by atoms with van der Waals surface area (Å²) in [6.07, 6.45) is 1.83. The minimum Gasteiger partial charge on any atom is -0.444 e. The lowest BCUT2D eigenvalue weighted by Gasteiger charge is -2.23. The van der Waals surface area contributed by atoms with Crippen LogP contribution in [0, 0.1) is 0 Å². The molecule has 0 saturated heterocycles. The molecule has 0 spiro atoms. The molecule has 1 aliphatic carbocycles. The van der Waals surface area contributed by atoms with Gasteiger partial charge in [-0.15, -0.1) is 0 Å². The third-order valence-corrected chi connectivity index (χ3v) is 4.11. The third-order valence-electron chi connectivity index (χ3n) is 3.68. The second kappa shape index (κ2) is 4.85. The van der Waals surface area contributed by atoms with E-state index in [4.69, 9.17) is 4.42 Å². The maximum Gasteiger partial charge on any atom is 0.289 e. The van der Waals surface area contributed by atoms with E-state index in [1.54, 1.807) is 17.0 Å². The van der Waals surface area contributed by atoms with Crippen LogP contribution in [0.5, 0.6) is 0 Å². The van der Waals surface area contributed by atoms with Gasteiger partial charge in [-0.05, 0) is 52.0 Å². The van der Waals surface area contributed by atoms with Gasteiger partial charge in [0.15, 0.2) is 10.4 Å². The summed E-state index contributed by atoms with van der Waals surface area (Å²) in [5.41, 5.74) is 2.68.